The molecule has 0 aliphatic rings. The van der Waals surface area contributed by atoms with Gasteiger partial charge in [-0.25, -0.2) is 9.97 Å². The standard InChI is InChI=1S/C12H21N3O/c1-5-9(6-2)12(13-3)10-7-11(16-4)15-8-14-10/h7-9,12-13H,5-6H2,1-4H3. The van der Waals surface area contributed by atoms with Gasteiger partial charge in [0.25, 0.3) is 0 Å². The van der Waals surface area contributed by atoms with Gasteiger partial charge in [-0.05, 0) is 13.0 Å². The molecule has 1 rings (SSSR count). The van der Waals surface area contributed by atoms with E-state index in [0.29, 0.717) is 11.8 Å². The van der Waals surface area contributed by atoms with Gasteiger partial charge in [-0.3, -0.25) is 0 Å². The van der Waals surface area contributed by atoms with Crippen molar-refractivity contribution < 1.29 is 4.74 Å². The Balaban J connectivity index is 2.93. The largest absolute Gasteiger partial charge is 0.481 e. The van der Waals surface area contributed by atoms with E-state index in [1.54, 1.807) is 13.4 Å². The number of methoxy groups -OCH3 is 1. The molecule has 1 unspecified atom stereocenters. The zero-order valence-corrected chi connectivity index (χ0v) is 10.5. The molecule has 4 heteroatoms. The van der Waals surface area contributed by atoms with Crippen molar-refractivity contribution in [1.82, 2.24) is 15.3 Å². The molecule has 0 fully saturated rings. The van der Waals surface area contributed by atoms with E-state index < -0.39 is 0 Å². The number of hydrogen-bond acceptors (Lipinski definition) is 4. The predicted molar refractivity (Wildman–Crippen MR) is 64.5 cm³/mol. The Labute approximate surface area is 97.5 Å². The molecule has 0 aliphatic heterocycles. The summed E-state index contributed by atoms with van der Waals surface area (Å²) in [5, 5.41) is 3.33. The molecule has 1 N–H and O–H groups in total. The van der Waals surface area contributed by atoms with Crippen LogP contribution in [0.3, 0.4) is 0 Å². The molecule has 0 radical (unpaired) electrons. The van der Waals surface area contributed by atoms with Crippen LogP contribution in [0.15, 0.2) is 12.4 Å². The van der Waals surface area contributed by atoms with E-state index in [0.717, 1.165) is 18.5 Å². The van der Waals surface area contributed by atoms with Crippen LogP contribution >= 0.6 is 0 Å². The Hall–Kier alpha value is -1.16. The maximum Gasteiger partial charge on any atom is 0.216 e. The number of aromatic nitrogens is 2. The Bertz CT molecular complexity index is 313. The smallest absolute Gasteiger partial charge is 0.216 e. The lowest BCUT2D eigenvalue weighted by atomic mass is 9.92. The summed E-state index contributed by atoms with van der Waals surface area (Å²) < 4.78 is 5.12. The summed E-state index contributed by atoms with van der Waals surface area (Å²) in [5.74, 6) is 1.21. The summed E-state index contributed by atoms with van der Waals surface area (Å²) >= 11 is 0. The molecule has 1 aromatic rings. The van der Waals surface area contributed by atoms with Gasteiger partial charge in [0.05, 0.1) is 18.8 Å². The zero-order valence-electron chi connectivity index (χ0n) is 10.5. The minimum Gasteiger partial charge on any atom is -0.481 e. The van der Waals surface area contributed by atoms with Crippen molar-refractivity contribution in [3.63, 3.8) is 0 Å². The zero-order chi connectivity index (χ0) is 12.0. The minimum atomic E-state index is 0.270. The number of nitrogens with zero attached hydrogens (tertiary/aromatic N) is 2. The second-order valence-electron chi connectivity index (χ2n) is 3.83. The SMILES string of the molecule is CCC(CC)C(NC)c1cc(OC)ncn1. The van der Waals surface area contributed by atoms with Gasteiger partial charge in [-0.1, -0.05) is 26.7 Å². The van der Waals surface area contributed by atoms with E-state index >= 15 is 0 Å². The van der Waals surface area contributed by atoms with Crippen LogP contribution in [-0.2, 0) is 0 Å². The Kier molecular flexibility index (Phi) is 5.19. The molecule has 90 valence electrons. The molecule has 0 aromatic carbocycles. The van der Waals surface area contributed by atoms with Crippen molar-refractivity contribution in [3.8, 4) is 5.88 Å². The Morgan fingerprint density at radius 2 is 2.00 bits per heavy atom. The van der Waals surface area contributed by atoms with Crippen LogP contribution in [0.5, 0.6) is 5.88 Å². The van der Waals surface area contributed by atoms with E-state index in [2.05, 4.69) is 29.1 Å². The van der Waals surface area contributed by atoms with E-state index in [4.69, 9.17) is 4.74 Å². The van der Waals surface area contributed by atoms with Crippen molar-refractivity contribution in [2.45, 2.75) is 32.7 Å². The van der Waals surface area contributed by atoms with Gasteiger partial charge in [0.15, 0.2) is 0 Å². The highest BCUT2D eigenvalue weighted by molar-refractivity contribution is 5.17. The topological polar surface area (TPSA) is 47.0 Å². The number of nitrogens with one attached hydrogen (secondary N) is 1. The lowest BCUT2D eigenvalue weighted by Crippen LogP contribution is -2.25. The monoisotopic (exact) mass is 223 g/mol. The molecule has 0 amide bonds. The van der Waals surface area contributed by atoms with Gasteiger partial charge < -0.3 is 10.1 Å². The molecule has 16 heavy (non-hydrogen) atoms. The first-order valence-electron chi connectivity index (χ1n) is 5.79. The quantitative estimate of drug-likeness (QED) is 0.803. The highest BCUT2D eigenvalue weighted by Gasteiger charge is 2.20. The average Bonchev–Trinajstić information content (AvgIpc) is 2.35. The van der Waals surface area contributed by atoms with Crippen LogP contribution in [0, 0.1) is 5.92 Å². The molecule has 0 bridgehead atoms. The molecular formula is C12H21N3O. The lowest BCUT2D eigenvalue weighted by Gasteiger charge is -2.24. The third-order valence-electron chi connectivity index (χ3n) is 3.02. The van der Waals surface area contributed by atoms with Gasteiger partial charge in [-0.2, -0.15) is 0 Å². The second-order valence-corrected chi connectivity index (χ2v) is 3.83. The van der Waals surface area contributed by atoms with E-state index in [9.17, 15) is 0 Å². The fourth-order valence-corrected chi connectivity index (χ4v) is 2.02. The van der Waals surface area contributed by atoms with Crippen LogP contribution in [0.1, 0.15) is 38.4 Å². The highest BCUT2D eigenvalue weighted by Crippen LogP contribution is 2.26. The van der Waals surface area contributed by atoms with Crippen LogP contribution < -0.4 is 10.1 Å². The van der Waals surface area contributed by atoms with E-state index in [1.807, 2.05) is 13.1 Å². The van der Waals surface area contributed by atoms with Gasteiger partial charge in [0.2, 0.25) is 5.88 Å². The number of ether oxygens (including phenoxy) is 1. The molecular weight excluding hydrogens is 202 g/mol. The maximum atomic E-state index is 5.12. The molecule has 0 saturated carbocycles. The van der Waals surface area contributed by atoms with Gasteiger partial charge in [0.1, 0.15) is 6.33 Å². The summed E-state index contributed by atoms with van der Waals surface area (Å²) in [4.78, 5) is 8.35. The molecule has 0 spiro atoms. The first-order chi connectivity index (χ1) is 7.76. The van der Waals surface area contributed by atoms with Crippen molar-refractivity contribution in [1.29, 1.82) is 0 Å². The van der Waals surface area contributed by atoms with Crippen molar-refractivity contribution in [2.75, 3.05) is 14.2 Å². The third kappa shape index (κ3) is 2.92. The summed E-state index contributed by atoms with van der Waals surface area (Å²) in [6.07, 6.45) is 3.82. The fraction of sp³-hybridized carbons (Fsp3) is 0.667. The summed E-state index contributed by atoms with van der Waals surface area (Å²) in [5.41, 5.74) is 1.00. The minimum absolute atomic E-state index is 0.270. The van der Waals surface area contributed by atoms with Crippen LogP contribution in [0.25, 0.3) is 0 Å². The summed E-state index contributed by atoms with van der Waals surface area (Å²) in [7, 11) is 3.59. The molecule has 0 saturated heterocycles. The Morgan fingerprint density at radius 1 is 1.31 bits per heavy atom. The molecule has 0 aliphatic carbocycles. The maximum absolute atomic E-state index is 5.12. The summed E-state index contributed by atoms with van der Waals surface area (Å²) in [6.45, 7) is 4.41. The fourth-order valence-electron chi connectivity index (χ4n) is 2.02. The average molecular weight is 223 g/mol. The lowest BCUT2D eigenvalue weighted by molar-refractivity contribution is 0.347. The highest BCUT2D eigenvalue weighted by atomic mass is 16.5. The van der Waals surface area contributed by atoms with Gasteiger partial charge in [0, 0.05) is 6.07 Å². The molecule has 4 nitrogen and oxygen atoms in total. The first-order valence-corrected chi connectivity index (χ1v) is 5.79. The van der Waals surface area contributed by atoms with Crippen molar-refractivity contribution >= 4 is 0 Å². The Morgan fingerprint density at radius 3 is 2.50 bits per heavy atom. The van der Waals surface area contributed by atoms with Crippen LogP contribution in [0.4, 0.5) is 0 Å². The second kappa shape index (κ2) is 6.43. The normalized spacial score (nSPS) is 12.8. The van der Waals surface area contributed by atoms with E-state index in [-0.39, 0.29) is 6.04 Å². The van der Waals surface area contributed by atoms with Crippen LogP contribution in [0.2, 0.25) is 0 Å². The number of rotatable bonds is 6. The molecule has 1 atom stereocenters. The molecule has 1 aromatic heterocycles. The first kappa shape index (κ1) is 12.9. The number of hydrogen-bond donors (Lipinski definition) is 1. The summed E-state index contributed by atoms with van der Waals surface area (Å²) in [6, 6.07) is 2.17. The van der Waals surface area contributed by atoms with Crippen molar-refractivity contribution in [3.05, 3.63) is 18.1 Å². The van der Waals surface area contributed by atoms with Gasteiger partial charge >= 0.3 is 0 Å². The van der Waals surface area contributed by atoms with Crippen LogP contribution in [-0.4, -0.2) is 24.1 Å². The van der Waals surface area contributed by atoms with Crippen molar-refractivity contribution in [2.24, 2.45) is 5.92 Å². The van der Waals surface area contributed by atoms with Gasteiger partial charge in [-0.15, -0.1) is 0 Å². The van der Waals surface area contributed by atoms with E-state index in [1.165, 1.54) is 0 Å². The third-order valence-corrected chi connectivity index (χ3v) is 3.02. The predicted octanol–water partition coefficient (Wildman–Crippen LogP) is 2.18. The molecule has 1 heterocycles.